The van der Waals surface area contributed by atoms with E-state index in [1.54, 1.807) is 0 Å². The van der Waals surface area contributed by atoms with Crippen molar-refractivity contribution in [3.05, 3.63) is 15.5 Å². The molecule has 0 aliphatic carbocycles. The smallest absolute Gasteiger partial charge is 0.0899 e. The van der Waals surface area contributed by atoms with Crippen LogP contribution in [0.25, 0.3) is 0 Å². The molecule has 1 atom stereocenters. The summed E-state index contributed by atoms with van der Waals surface area (Å²) in [5, 5.41) is 4.35. The minimum absolute atomic E-state index is 0.316. The molecule has 0 aliphatic heterocycles. The maximum Gasteiger partial charge on any atom is 0.0899 e. The number of aromatic nitrogens is 2. The van der Waals surface area contributed by atoms with Gasteiger partial charge in [0.05, 0.1) is 28.2 Å². The molecule has 0 amide bonds. The molecule has 0 saturated carbocycles. The molecule has 0 N–H and O–H groups in total. The Hall–Kier alpha value is -0.100. The maximum absolute atomic E-state index is 5.74. The van der Waals surface area contributed by atoms with Crippen LogP contribution in [0.2, 0.25) is 0 Å². The molecule has 0 spiro atoms. The molecule has 0 radical (unpaired) electrons. The van der Waals surface area contributed by atoms with Crippen LogP contribution in [0.15, 0.2) is 6.20 Å². The molecule has 4 heteroatoms. The zero-order chi connectivity index (χ0) is 11.4. The summed E-state index contributed by atoms with van der Waals surface area (Å²) in [6.07, 6.45) is 3.26. The lowest BCUT2D eigenvalue weighted by Gasteiger charge is -2.14. The molecule has 1 aromatic heterocycles. The van der Waals surface area contributed by atoms with Crippen LogP contribution in [0.3, 0.4) is 0 Å². The van der Waals surface area contributed by atoms with Gasteiger partial charge in [0.15, 0.2) is 0 Å². The Bertz CT molecular complexity index is 310. The summed E-state index contributed by atoms with van der Waals surface area (Å²) in [6.45, 7) is 9.16. The standard InChI is InChI=1S/C11H19IN2O/c1-5-9(4)15-7-11-10(12)6-13-14(11)8(2)3/h6,8-9H,5,7H2,1-4H3. The molecule has 0 saturated heterocycles. The highest BCUT2D eigenvalue weighted by atomic mass is 127. The van der Waals surface area contributed by atoms with Gasteiger partial charge in [0.25, 0.3) is 0 Å². The van der Waals surface area contributed by atoms with Gasteiger partial charge in [0, 0.05) is 6.04 Å². The summed E-state index contributed by atoms with van der Waals surface area (Å²) in [6, 6.07) is 0.393. The Labute approximate surface area is 105 Å². The van der Waals surface area contributed by atoms with Gasteiger partial charge >= 0.3 is 0 Å². The number of hydrogen-bond donors (Lipinski definition) is 0. The van der Waals surface area contributed by atoms with E-state index in [0.717, 1.165) is 6.42 Å². The predicted molar refractivity (Wildman–Crippen MR) is 69.9 cm³/mol. The molecule has 3 nitrogen and oxygen atoms in total. The van der Waals surface area contributed by atoms with Gasteiger partial charge in [-0.05, 0) is 49.8 Å². The third kappa shape index (κ3) is 3.45. The van der Waals surface area contributed by atoms with E-state index in [-0.39, 0.29) is 0 Å². The number of halogens is 1. The minimum atomic E-state index is 0.316. The zero-order valence-electron chi connectivity index (χ0n) is 9.83. The lowest BCUT2D eigenvalue weighted by atomic mass is 10.3. The summed E-state index contributed by atoms with van der Waals surface area (Å²) in [5.74, 6) is 0. The molecule has 0 bridgehead atoms. The van der Waals surface area contributed by atoms with Crippen molar-refractivity contribution in [2.75, 3.05) is 0 Å². The van der Waals surface area contributed by atoms with Crippen LogP contribution in [-0.2, 0) is 11.3 Å². The average molecular weight is 322 g/mol. The van der Waals surface area contributed by atoms with E-state index in [4.69, 9.17) is 4.74 Å². The highest BCUT2D eigenvalue weighted by molar-refractivity contribution is 14.1. The van der Waals surface area contributed by atoms with Crippen LogP contribution in [-0.4, -0.2) is 15.9 Å². The van der Waals surface area contributed by atoms with Crippen molar-refractivity contribution < 1.29 is 4.74 Å². The number of ether oxygens (including phenoxy) is 1. The van der Waals surface area contributed by atoms with Gasteiger partial charge in [-0.3, -0.25) is 4.68 Å². The monoisotopic (exact) mass is 322 g/mol. The molecule has 1 heterocycles. The van der Waals surface area contributed by atoms with Crippen LogP contribution in [0.1, 0.15) is 45.9 Å². The summed E-state index contributed by atoms with van der Waals surface area (Å²) < 4.78 is 8.96. The summed E-state index contributed by atoms with van der Waals surface area (Å²) in [5.41, 5.74) is 1.19. The lowest BCUT2D eigenvalue weighted by molar-refractivity contribution is 0.0457. The van der Waals surface area contributed by atoms with Gasteiger partial charge in [-0.1, -0.05) is 6.92 Å². The first kappa shape index (κ1) is 13.0. The van der Waals surface area contributed by atoms with Crippen molar-refractivity contribution in [3.63, 3.8) is 0 Å². The Balaban J connectivity index is 2.70. The first-order valence-corrected chi connectivity index (χ1v) is 6.47. The molecule has 0 aliphatic rings. The zero-order valence-corrected chi connectivity index (χ0v) is 12.0. The van der Waals surface area contributed by atoms with E-state index in [1.165, 1.54) is 9.26 Å². The number of hydrogen-bond acceptors (Lipinski definition) is 2. The molecule has 86 valence electrons. The van der Waals surface area contributed by atoms with Gasteiger partial charge in [0.1, 0.15) is 0 Å². The molecule has 0 aromatic carbocycles. The summed E-state index contributed by atoms with van der Waals surface area (Å²) in [4.78, 5) is 0. The van der Waals surface area contributed by atoms with Crippen molar-refractivity contribution in [1.82, 2.24) is 9.78 Å². The van der Waals surface area contributed by atoms with Crippen molar-refractivity contribution in [2.45, 2.75) is 52.9 Å². The van der Waals surface area contributed by atoms with E-state index in [9.17, 15) is 0 Å². The number of nitrogens with zero attached hydrogens (tertiary/aromatic N) is 2. The highest BCUT2D eigenvalue weighted by Gasteiger charge is 2.12. The second-order valence-electron chi connectivity index (χ2n) is 4.01. The van der Waals surface area contributed by atoms with E-state index < -0.39 is 0 Å². The molecule has 1 aromatic rings. The van der Waals surface area contributed by atoms with E-state index in [2.05, 4.69) is 55.4 Å². The van der Waals surface area contributed by atoms with E-state index >= 15 is 0 Å². The van der Waals surface area contributed by atoms with Crippen molar-refractivity contribution in [1.29, 1.82) is 0 Å². The molecule has 0 fully saturated rings. The molecule has 1 rings (SSSR count). The van der Waals surface area contributed by atoms with Gasteiger partial charge < -0.3 is 4.74 Å². The van der Waals surface area contributed by atoms with Crippen LogP contribution in [0.5, 0.6) is 0 Å². The average Bonchev–Trinajstić information content (AvgIpc) is 2.56. The fourth-order valence-corrected chi connectivity index (χ4v) is 1.81. The molecular weight excluding hydrogens is 303 g/mol. The van der Waals surface area contributed by atoms with E-state index in [1.807, 2.05) is 10.9 Å². The Kier molecular flexibility index (Phi) is 5.05. The van der Waals surface area contributed by atoms with Gasteiger partial charge in [-0.2, -0.15) is 5.10 Å². The van der Waals surface area contributed by atoms with Crippen LogP contribution >= 0.6 is 22.6 Å². The van der Waals surface area contributed by atoms with Crippen LogP contribution in [0, 0.1) is 3.57 Å². The van der Waals surface area contributed by atoms with Crippen molar-refractivity contribution in [3.8, 4) is 0 Å². The highest BCUT2D eigenvalue weighted by Crippen LogP contribution is 2.17. The topological polar surface area (TPSA) is 27.1 Å². The Morgan fingerprint density at radius 1 is 1.47 bits per heavy atom. The van der Waals surface area contributed by atoms with Gasteiger partial charge in [-0.25, -0.2) is 0 Å². The second kappa shape index (κ2) is 5.84. The van der Waals surface area contributed by atoms with Crippen LogP contribution < -0.4 is 0 Å². The fourth-order valence-electron chi connectivity index (χ4n) is 1.29. The van der Waals surface area contributed by atoms with E-state index in [0.29, 0.717) is 18.8 Å². The Morgan fingerprint density at radius 3 is 2.67 bits per heavy atom. The molecule has 1 unspecified atom stereocenters. The second-order valence-corrected chi connectivity index (χ2v) is 5.17. The predicted octanol–water partition coefficient (Wildman–Crippen LogP) is 3.38. The van der Waals surface area contributed by atoms with Crippen LogP contribution in [0.4, 0.5) is 0 Å². The Morgan fingerprint density at radius 2 is 2.13 bits per heavy atom. The van der Waals surface area contributed by atoms with Crippen molar-refractivity contribution >= 4 is 22.6 Å². The van der Waals surface area contributed by atoms with Gasteiger partial charge in [-0.15, -0.1) is 0 Å². The lowest BCUT2D eigenvalue weighted by Crippen LogP contribution is -2.13. The first-order chi connectivity index (χ1) is 7.06. The number of rotatable bonds is 5. The third-order valence-corrected chi connectivity index (χ3v) is 3.32. The third-order valence-electron chi connectivity index (χ3n) is 2.42. The largest absolute Gasteiger partial charge is 0.372 e. The first-order valence-electron chi connectivity index (χ1n) is 5.39. The minimum Gasteiger partial charge on any atom is -0.372 e. The normalized spacial score (nSPS) is 13.5. The quantitative estimate of drug-likeness (QED) is 0.777. The SMILES string of the molecule is CCC(C)OCc1c(I)cnn1C(C)C. The van der Waals surface area contributed by atoms with Gasteiger partial charge in [0.2, 0.25) is 0 Å². The molecule has 15 heavy (non-hydrogen) atoms. The summed E-state index contributed by atoms with van der Waals surface area (Å²) in [7, 11) is 0. The van der Waals surface area contributed by atoms with Crippen molar-refractivity contribution in [2.24, 2.45) is 0 Å². The maximum atomic E-state index is 5.74. The summed E-state index contributed by atoms with van der Waals surface area (Å²) >= 11 is 2.31. The fraction of sp³-hybridized carbons (Fsp3) is 0.727. The molecular formula is C11H19IN2O.